The zero-order chi connectivity index (χ0) is 11.9. The summed E-state index contributed by atoms with van der Waals surface area (Å²) in [5.74, 6) is 0.511. The van der Waals surface area contributed by atoms with Crippen molar-refractivity contribution >= 4 is 28.9 Å². The number of hydrogen-bond acceptors (Lipinski definition) is 0. The molecule has 0 N–H and O–H groups in total. The fourth-order valence-corrected chi connectivity index (χ4v) is 3.96. The van der Waals surface area contributed by atoms with Crippen LogP contribution in [-0.4, -0.2) is 20.0 Å². The first kappa shape index (κ1) is 13.0. The van der Waals surface area contributed by atoms with E-state index in [9.17, 15) is 0 Å². The first-order valence-corrected chi connectivity index (χ1v) is 11.5. The van der Waals surface area contributed by atoms with Gasteiger partial charge in [0, 0.05) is 0 Å². The quantitative estimate of drug-likeness (QED) is 0.698. The van der Waals surface area contributed by atoms with E-state index in [4.69, 9.17) is 8.92 Å². The summed E-state index contributed by atoms with van der Waals surface area (Å²) >= 11 is -0.612. The monoisotopic (exact) mass is 350 g/mol. The SMILES string of the molecule is [Cl][Sn][CH2]CC(c1ccccc1)c1ccccc1. The molecule has 0 aliphatic heterocycles. The molecule has 2 heteroatoms. The number of halogens is 1. The van der Waals surface area contributed by atoms with Gasteiger partial charge in [-0.15, -0.1) is 0 Å². The summed E-state index contributed by atoms with van der Waals surface area (Å²) in [4.78, 5) is 0. The molecule has 0 spiro atoms. The van der Waals surface area contributed by atoms with E-state index in [1.165, 1.54) is 22.0 Å². The van der Waals surface area contributed by atoms with Crippen LogP contribution in [0.2, 0.25) is 4.44 Å². The molecule has 2 aromatic rings. The van der Waals surface area contributed by atoms with Crippen molar-refractivity contribution in [1.82, 2.24) is 0 Å². The average molecular weight is 349 g/mol. The zero-order valence-electron chi connectivity index (χ0n) is 9.64. The summed E-state index contributed by atoms with van der Waals surface area (Å²) in [6.45, 7) is 0. The van der Waals surface area contributed by atoms with Crippen LogP contribution in [0.25, 0.3) is 0 Å². The summed E-state index contributed by atoms with van der Waals surface area (Å²) in [6.07, 6.45) is 1.18. The van der Waals surface area contributed by atoms with Gasteiger partial charge in [-0.3, -0.25) is 0 Å². The standard InChI is InChI=1S/C15H15.ClH.Sn/c1-2-15(13-9-5-3-6-10-13)14-11-7-4-8-12-14;;/h3-12,15H,1-2H2;1H;/q;;+1/p-1. The molecule has 2 radical (unpaired) electrons. The van der Waals surface area contributed by atoms with Gasteiger partial charge >= 0.3 is 118 Å². The first-order chi connectivity index (χ1) is 8.42. The molecular weight excluding hydrogens is 334 g/mol. The predicted octanol–water partition coefficient (Wildman–Crippen LogP) is 4.48. The van der Waals surface area contributed by atoms with Gasteiger partial charge in [-0.05, 0) is 0 Å². The fourth-order valence-electron chi connectivity index (χ4n) is 2.10. The van der Waals surface area contributed by atoms with E-state index in [2.05, 4.69) is 60.7 Å². The van der Waals surface area contributed by atoms with E-state index in [-0.39, 0.29) is 0 Å². The summed E-state index contributed by atoms with van der Waals surface area (Å²) in [5.41, 5.74) is 2.81. The molecule has 0 saturated carbocycles. The van der Waals surface area contributed by atoms with E-state index < -0.39 is 20.0 Å². The van der Waals surface area contributed by atoms with Crippen molar-refractivity contribution in [2.24, 2.45) is 0 Å². The molecule has 86 valence electrons. The summed E-state index contributed by atoms with van der Waals surface area (Å²) < 4.78 is 1.22. The van der Waals surface area contributed by atoms with Gasteiger partial charge in [-0.1, -0.05) is 0 Å². The van der Waals surface area contributed by atoms with Crippen LogP contribution in [0.3, 0.4) is 0 Å². The normalized spacial score (nSPS) is 10.7. The Hall–Kier alpha value is -0.471. The summed E-state index contributed by atoms with van der Waals surface area (Å²) in [6, 6.07) is 21.5. The van der Waals surface area contributed by atoms with E-state index in [1.807, 2.05) is 0 Å². The predicted molar refractivity (Wildman–Crippen MR) is 75.8 cm³/mol. The Kier molecular flexibility index (Phi) is 5.40. The van der Waals surface area contributed by atoms with Crippen molar-refractivity contribution in [3.05, 3.63) is 71.8 Å². The molecule has 0 nitrogen and oxygen atoms in total. The van der Waals surface area contributed by atoms with Crippen molar-refractivity contribution in [3.8, 4) is 0 Å². The maximum atomic E-state index is 5.99. The van der Waals surface area contributed by atoms with Crippen molar-refractivity contribution in [1.29, 1.82) is 0 Å². The molecule has 0 atom stereocenters. The zero-order valence-corrected chi connectivity index (χ0v) is 13.3. The van der Waals surface area contributed by atoms with Crippen LogP contribution in [-0.2, 0) is 0 Å². The summed E-state index contributed by atoms with van der Waals surface area (Å²) in [5, 5.41) is 0. The third-order valence-corrected chi connectivity index (χ3v) is 5.56. The minimum absolute atomic E-state index is 0.511. The Bertz CT molecular complexity index is 388. The molecular formula is C15H15ClSn. The first-order valence-electron chi connectivity index (χ1n) is 5.85. The molecule has 2 rings (SSSR count). The van der Waals surface area contributed by atoms with Gasteiger partial charge in [-0.25, -0.2) is 0 Å². The fraction of sp³-hybridized carbons (Fsp3) is 0.200. The molecule has 0 unspecified atom stereocenters. The minimum atomic E-state index is -0.612. The second kappa shape index (κ2) is 7.07. The van der Waals surface area contributed by atoms with Crippen LogP contribution in [0.15, 0.2) is 60.7 Å². The van der Waals surface area contributed by atoms with Gasteiger partial charge in [-0.2, -0.15) is 0 Å². The van der Waals surface area contributed by atoms with E-state index in [1.54, 1.807) is 0 Å². The van der Waals surface area contributed by atoms with Gasteiger partial charge in [0.2, 0.25) is 0 Å². The van der Waals surface area contributed by atoms with Crippen molar-refractivity contribution < 1.29 is 0 Å². The molecule has 0 fully saturated rings. The third-order valence-electron chi connectivity index (χ3n) is 2.93. The van der Waals surface area contributed by atoms with Gasteiger partial charge in [0.05, 0.1) is 0 Å². The Balaban J connectivity index is 2.26. The van der Waals surface area contributed by atoms with E-state index in [0.29, 0.717) is 5.92 Å². The Labute approximate surface area is 117 Å². The van der Waals surface area contributed by atoms with Gasteiger partial charge in [0.15, 0.2) is 0 Å². The van der Waals surface area contributed by atoms with Crippen LogP contribution in [0.5, 0.6) is 0 Å². The number of rotatable bonds is 5. The van der Waals surface area contributed by atoms with Gasteiger partial charge in [0.25, 0.3) is 0 Å². The van der Waals surface area contributed by atoms with Crippen LogP contribution in [0.4, 0.5) is 0 Å². The van der Waals surface area contributed by atoms with E-state index in [0.717, 1.165) is 0 Å². The number of hydrogen-bond donors (Lipinski definition) is 0. The molecule has 0 heterocycles. The summed E-state index contributed by atoms with van der Waals surface area (Å²) in [7, 11) is 5.99. The molecule has 0 aliphatic carbocycles. The molecule has 0 aliphatic rings. The van der Waals surface area contributed by atoms with Crippen LogP contribution < -0.4 is 0 Å². The Morgan fingerprint density at radius 1 is 0.824 bits per heavy atom. The second-order valence-corrected chi connectivity index (χ2v) is 8.03. The van der Waals surface area contributed by atoms with Crippen molar-refractivity contribution in [3.63, 3.8) is 0 Å². The molecule has 17 heavy (non-hydrogen) atoms. The molecule has 2 aromatic carbocycles. The van der Waals surface area contributed by atoms with Crippen LogP contribution in [0, 0.1) is 0 Å². The van der Waals surface area contributed by atoms with Crippen LogP contribution >= 0.6 is 8.92 Å². The van der Waals surface area contributed by atoms with E-state index >= 15 is 0 Å². The topological polar surface area (TPSA) is 0 Å². The van der Waals surface area contributed by atoms with Crippen LogP contribution in [0.1, 0.15) is 23.5 Å². The third kappa shape index (κ3) is 3.75. The van der Waals surface area contributed by atoms with Gasteiger partial charge in [0.1, 0.15) is 0 Å². The molecule has 0 saturated heterocycles. The molecule has 0 amide bonds. The Morgan fingerprint density at radius 3 is 1.71 bits per heavy atom. The van der Waals surface area contributed by atoms with Crippen molar-refractivity contribution in [2.45, 2.75) is 16.8 Å². The average Bonchev–Trinajstić information content (AvgIpc) is 2.42. The van der Waals surface area contributed by atoms with Crippen molar-refractivity contribution in [2.75, 3.05) is 0 Å². The second-order valence-electron chi connectivity index (χ2n) is 4.05. The van der Waals surface area contributed by atoms with Gasteiger partial charge < -0.3 is 0 Å². The molecule has 0 aromatic heterocycles. The molecule has 0 bridgehead atoms. The maximum absolute atomic E-state index is 5.99. The Morgan fingerprint density at radius 2 is 1.29 bits per heavy atom. The number of benzene rings is 2.